The molecule has 0 fully saturated rings. The summed E-state index contributed by atoms with van der Waals surface area (Å²) in [6, 6.07) is 5.62. The summed E-state index contributed by atoms with van der Waals surface area (Å²) in [5.74, 6) is -0.266. The first-order valence-corrected chi connectivity index (χ1v) is 8.07. The predicted molar refractivity (Wildman–Crippen MR) is 91.5 cm³/mol. The van der Waals surface area contributed by atoms with E-state index in [4.69, 9.17) is 28.3 Å². The van der Waals surface area contributed by atoms with E-state index in [-0.39, 0.29) is 5.15 Å². The minimum Gasteiger partial charge on any atom is -0.478 e. The fourth-order valence-corrected chi connectivity index (χ4v) is 3.05. The Bertz CT molecular complexity index is 741. The summed E-state index contributed by atoms with van der Waals surface area (Å²) in [5.41, 5.74) is 1.46. The Morgan fingerprint density at radius 3 is 2.77 bits per heavy atom. The highest BCUT2D eigenvalue weighted by atomic mass is 79.9. The highest BCUT2D eigenvalue weighted by molar-refractivity contribution is 9.10. The van der Waals surface area contributed by atoms with E-state index in [0.717, 1.165) is 21.9 Å². The summed E-state index contributed by atoms with van der Waals surface area (Å²) in [6.45, 7) is 2.43. The van der Waals surface area contributed by atoms with Crippen LogP contribution in [-0.4, -0.2) is 20.6 Å². The molecule has 0 radical (unpaired) electrons. The van der Waals surface area contributed by atoms with Gasteiger partial charge in [0.1, 0.15) is 5.82 Å². The number of aliphatic carboxylic acids is 1. The molecule has 0 atom stereocenters. The zero-order valence-corrected chi connectivity index (χ0v) is 14.8. The summed E-state index contributed by atoms with van der Waals surface area (Å²) >= 11 is 15.7. The van der Waals surface area contributed by atoms with Gasteiger partial charge in [0.2, 0.25) is 0 Å². The number of benzene rings is 1. The first kappa shape index (κ1) is 17.1. The van der Waals surface area contributed by atoms with Crippen molar-refractivity contribution in [1.82, 2.24) is 9.55 Å². The van der Waals surface area contributed by atoms with Gasteiger partial charge in [-0.15, -0.1) is 0 Å². The zero-order valence-electron chi connectivity index (χ0n) is 11.7. The van der Waals surface area contributed by atoms with E-state index in [1.807, 2.05) is 29.7 Å². The number of nitrogens with zero attached hydrogens (tertiary/aromatic N) is 2. The molecule has 0 aliphatic heterocycles. The first-order valence-electron chi connectivity index (χ1n) is 6.52. The van der Waals surface area contributed by atoms with Crippen molar-refractivity contribution in [2.75, 3.05) is 0 Å². The number of aryl methyl sites for hydroxylation is 1. The van der Waals surface area contributed by atoms with Gasteiger partial charge in [0, 0.05) is 22.0 Å². The second-order valence-corrected chi connectivity index (χ2v) is 6.23. The van der Waals surface area contributed by atoms with E-state index in [2.05, 4.69) is 20.9 Å². The monoisotopic (exact) mass is 402 g/mol. The number of hydrogen-bond donors (Lipinski definition) is 1. The molecule has 116 valence electrons. The summed E-state index contributed by atoms with van der Waals surface area (Å²) in [6.07, 6.45) is 3.17. The van der Waals surface area contributed by atoms with Gasteiger partial charge in [0.05, 0.1) is 12.2 Å². The van der Waals surface area contributed by atoms with Crippen molar-refractivity contribution in [2.45, 2.75) is 19.9 Å². The lowest BCUT2D eigenvalue weighted by Gasteiger charge is -2.11. The van der Waals surface area contributed by atoms with Gasteiger partial charge < -0.3 is 9.67 Å². The predicted octanol–water partition coefficient (Wildman–Crippen LogP) is 4.66. The molecular formula is C15H13BrCl2N2O2. The standard InChI is InChI=1S/C15H13BrCl2N2O2/c1-2-13-19-15(18)12(5-6-14(21)22)20(13)8-9-3-4-10(16)7-11(9)17/h3-7H,2,8H2,1H3,(H,21,22)/b6-5+. The van der Waals surface area contributed by atoms with E-state index in [0.29, 0.717) is 23.7 Å². The summed E-state index contributed by atoms with van der Waals surface area (Å²) < 4.78 is 2.77. The molecule has 2 aromatic rings. The molecule has 1 aromatic heterocycles. The van der Waals surface area contributed by atoms with Crippen molar-refractivity contribution in [1.29, 1.82) is 0 Å². The van der Waals surface area contributed by atoms with Gasteiger partial charge in [-0.25, -0.2) is 9.78 Å². The molecule has 2 rings (SSSR count). The summed E-state index contributed by atoms with van der Waals surface area (Å²) in [5, 5.41) is 9.70. The van der Waals surface area contributed by atoms with Gasteiger partial charge in [0.15, 0.2) is 5.15 Å². The Labute approximate surface area is 146 Å². The molecule has 0 spiro atoms. The number of halogens is 3. The smallest absolute Gasteiger partial charge is 0.328 e. The number of rotatable bonds is 5. The molecule has 0 bridgehead atoms. The number of hydrogen-bond acceptors (Lipinski definition) is 2. The van der Waals surface area contributed by atoms with Gasteiger partial charge in [-0.05, 0) is 23.8 Å². The normalized spacial score (nSPS) is 11.3. The van der Waals surface area contributed by atoms with Crippen molar-refractivity contribution in [3.63, 3.8) is 0 Å². The third kappa shape index (κ3) is 3.91. The van der Waals surface area contributed by atoms with Crippen LogP contribution in [0, 0.1) is 0 Å². The molecule has 0 saturated carbocycles. The van der Waals surface area contributed by atoms with E-state index < -0.39 is 5.97 Å². The second kappa shape index (κ2) is 7.31. The molecule has 0 aliphatic carbocycles. The second-order valence-electron chi connectivity index (χ2n) is 4.55. The highest BCUT2D eigenvalue weighted by Gasteiger charge is 2.14. The van der Waals surface area contributed by atoms with Crippen LogP contribution < -0.4 is 0 Å². The Morgan fingerprint density at radius 1 is 1.45 bits per heavy atom. The van der Waals surface area contributed by atoms with Gasteiger partial charge in [-0.3, -0.25) is 0 Å². The minimum absolute atomic E-state index is 0.280. The fraction of sp³-hybridized carbons (Fsp3) is 0.200. The van der Waals surface area contributed by atoms with Crippen LogP contribution in [0.3, 0.4) is 0 Å². The molecule has 0 saturated heterocycles. The Balaban J connectivity index is 2.46. The highest BCUT2D eigenvalue weighted by Crippen LogP contribution is 2.26. The lowest BCUT2D eigenvalue weighted by molar-refractivity contribution is -0.131. The SMILES string of the molecule is CCc1nc(Cl)c(/C=C/C(=O)O)n1Cc1ccc(Br)cc1Cl. The Morgan fingerprint density at radius 2 is 2.18 bits per heavy atom. The van der Waals surface area contributed by atoms with E-state index >= 15 is 0 Å². The van der Waals surface area contributed by atoms with Crippen LogP contribution in [0.2, 0.25) is 10.2 Å². The number of carboxylic acids is 1. The van der Waals surface area contributed by atoms with Crippen LogP contribution in [0.25, 0.3) is 6.08 Å². The third-order valence-electron chi connectivity index (χ3n) is 3.08. The molecule has 4 nitrogen and oxygen atoms in total. The van der Waals surface area contributed by atoms with E-state index in [1.165, 1.54) is 6.08 Å². The van der Waals surface area contributed by atoms with E-state index in [9.17, 15) is 4.79 Å². The Hall–Kier alpha value is -1.30. The minimum atomic E-state index is -1.04. The molecule has 7 heteroatoms. The van der Waals surface area contributed by atoms with Crippen molar-refractivity contribution in [2.24, 2.45) is 0 Å². The largest absolute Gasteiger partial charge is 0.478 e. The molecule has 1 aromatic carbocycles. The summed E-state index contributed by atoms with van der Waals surface area (Å²) in [7, 11) is 0. The quantitative estimate of drug-likeness (QED) is 0.738. The topological polar surface area (TPSA) is 55.1 Å². The molecule has 0 unspecified atom stereocenters. The molecular weight excluding hydrogens is 391 g/mol. The van der Waals surface area contributed by atoms with Crippen molar-refractivity contribution >= 4 is 51.2 Å². The Kier molecular flexibility index (Phi) is 5.67. The molecule has 0 aliphatic rings. The zero-order chi connectivity index (χ0) is 16.3. The molecule has 0 amide bonds. The maximum Gasteiger partial charge on any atom is 0.328 e. The lowest BCUT2D eigenvalue weighted by atomic mass is 10.2. The average molecular weight is 404 g/mol. The molecule has 22 heavy (non-hydrogen) atoms. The number of carbonyl (C=O) groups is 1. The maximum atomic E-state index is 10.7. The van der Waals surface area contributed by atoms with Crippen molar-refractivity contribution in [3.05, 3.63) is 56.0 Å². The van der Waals surface area contributed by atoms with E-state index in [1.54, 1.807) is 0 Å². The van der Waals surface area contributed by atoms with Crippen LogP contribution in [0.4, 0.5) is 0 Å². The maximum absolute atomic E-state index is 10.7. The van der Waals surface area contributed by atoms with Crippen molar-refractivity contribution < 1.29 is 9.90 Å². The van der Waals surface area contributed by atoms with Crippen LogP contribution in [-0.2, 0) is 17.8 Å². The molecule has 1 heterocycles. The average Bonchev–Trinajstić information content (AvgIpc) is 2.75. The van der Waals surface area contributed by atoms with Crippen molar-refractivity contribution in [3.8, 4) is 0 Å². The van der Waals surface area contributed by atoms with Crippen LogP contribution in [0.5, 0.6) is 0 Å². The lowest BCUT2D eigenvalue weighted by Crippen LogP contribution is -2.07. The van der Waals surface area contributed by atoms with Crippen LogP contribution >= 0.6 is 39.1 Å². The number of aromatic nitrogens is 2. The van der Waals surface area contributed by atoms with Gasteiger partial charge >= 0.3 is 5.97 Å². The number of carboxylic acid groups (broad SMARTS) is 1. The first-order chi connectivity index (χ1) is 10.4. The fourth-order valence-electron chi connectivity index (χ4n) is 2.06. The number of imidazole rings is 1. The van der Waals surface area contributed by atoms with Crippen LogP contribution in [0.15, 0.2) is 28.7 Å². The van der Waals surface area contributed by atoms with Gasteiger partial charge in [-0.2, -0.15) is 0 Å². The van der Waals surface area contributed by atoms with Crippen LogP contribution in [0.1, 0.15) is 24.0 Å². The van der Waals surface area contributed by atoms with Gasteiger partial charge in [0.25, 0.3) is 0 Å². The third-order valence-corrected chi connectivity index (χ3v) is 4.21. The summed E-state index contributed by atoms with van der Waals surface area (Å²) in [4.78, 5) is 15.0. The van der Waals surface area contributed by atoms with Gasteiger partial charge in [-0.1, -0.05) is 52.1 Å². The molecule has 1 N–H and O–H groups in total.